The van der Waals surface area contributed by atoms with Crippen LogP contribution in [0.5, 0.6) is 0 Å². The third kappa shape index (κ3) is 3.91. The zero-order valence-electron chi connectivity index (χ0n) is 12.6. The van der Waals surface area contributed by atoms with Crippen molar-refractivity contribution < 1.29 is 4.79 Å². The van der Waals surface area contributed by atoms with Gasteiger partial charge in [-0.05, 0) is 43.5 Å². The predicted molar refractivity (Wildman–Crippen MR) is 88.2 cm³/mol. The minimum absolute atomic E-state index is 0.0240. The van der Waals surface area contributed by atoms with Crippen molar-refractivity contribution in [3.8, 4) is 0 Å². The molecule has 116 valence electrons. The Morgan fingerprint density at radius 2 is 2.14 bits per heavy atom. The second kappa shape index (κ2) is 6.99. The van der Waals surface area contributed by atoms with Crippen LogP contribution in [0.4, 0.5) is 0 Å². The van der Waals surface area contributed by atoms with Crippen LogP contribution in [0.1, 0.15) is 31.7 Å². The Morgan fingerprint density at radius 3 is 2.71 bits per heavy atom. The number of hydrogen-bond acceptors (Lipinski definition) is 2. The van der Waals surface area contributed by atoms with Gasteiger partial charge in [0.15, 0.2) is 0 Å². The number of hydrogen-bond donors (Lipinski definition) is 1. The molecular weight excluding hydrogens is 307 g/mol. The van der Waals surface area contributed by atoms with Crippen molar-refractivity contribution in [3.05, 3.63) is 33.8 Å². The molecule has 3 nitrogen and oxygen atoms in total. The van der Waals surface area contributed by atoms with Gasteiger partial charge in [-0.25, -0.2) is 0 Å². The number of halogens is 2. The molecule has 5 heteroatoms. The molecule has 1 aliphatic heterocycles. The van der Waals surface area contributed by atoms with Gasteiger partial charge in [-0.1, -0.05) is 29.3 Å². The first-order chi connectivity index (χ1) is 9.94. The lowest BCUT2D eigenvalue weighted by Gasteiger charge is -2.39. The molecule has 0 spiro atoms. The van der Waals surface area contributed by atoms with Crippen LogP contribution in [0.25, 0.3) is 0 Å². The van der Waals surface area contributed by atoms with E-state index in [2.05, 4.69) is 11.4 Å². The highest BCUT2D eigenvalue weighted by Crippen LogP contribution is 2.37. The third-order valence-corrected chi connectivity index (χ3v) is 5.21. The molecule has 0 radical (unpaired) electrons. The first kappa shape index (κ1) is 16.6. The molecule has 0 aliphatic carbocycles. The maximum absolute atomic E-state index is 11.4. The molecule has 1 amide bonds. The molecule has 1 saturated heterocycles. The normalized spacial score (nSPS) is 22.1. The Morgan fingerprint density at radius 1 is 1.38 bits per heavy atom. The van der Waals surface area contributed by atoms with Gasteiger partial charge in [0.05, 0.1) is 10.0 Å². The second-order valence-corrected chi connectivity index (χ2v) is 6.69. The molecule has 1 aromatic carbocycles. The molecular formula is C16H22Cl2N2O. The summed E-state index contributed by atoms with van der Waals surface area (Å²) in [6.07, 6.45) is 3.15. The highest BCUT2D eigenvalue weighted by atomic mass is 35.5. The molecule has 1 fully saturated rings. The van der Waals surface area contributed by atoms with E-state index >= 15 is 0 Å². The summed E-state index contributed by atoms with van der Waals surface area (Å²) < 4.78 is 0. The van der Waals surface area contributed by atoms with E-state index in [0.717, 1.165) is 38.9 Å². The van der Waals surface area contributed by atoms with Crippen molar-refractivity contribution in [1.29, 1.82) is 0 Å². The SMILES string of the molecule is CC(=O)N(C)CCC1(c2ccc(Cl)c(Cl)c2)CCCNC1. The molecule has 0 bridgehead atoms. The largest absolute Gasteiger partial charge is 0.346 e. The lowest BCUT2D eigenvalue weighted by atomic mass is 9.72. The molecule has 2 rings (SSSR count). The molecule has 1 atom stereocenters. The van der Waals surface area contributed by atoms with Gasteiger partial charge in [-0.3, -0.25) is 4.79 Å². The van der Waals surface area contributed by atoms with Crippen LogP contribution >= 0.6 is 23.2 Å². The molecule has 1 heterocycles. The zero-order chi connectivity index (χ0) is 15.5. The smallest absolute Gasteiger partial charge is 0.219 e. The fraction of sp³-hybridized carbons (Fsp3) is 0.562. The number of nitrogens with zero attached hydrogens (tertiary/aromatic N) is 1. The summed E-state index contributed by atoms with van der Waals surface area (Å²) >= 11 is 12.2. The van der Waals surface area contributed by atoms with Crippen LogP contribution in [-0.4, -0.2) is 37.5 Å². The molecule has 1 N–H and O–H groups in total. The number of nitrogens with one attached hydrogen (secondary N) is 1. The van der Waals surface area contributed by atoms with E-state index in [-0.39, 0.29) is 11.3 Å². The first-order valence-corrected chi connectivity index (χ1v) is 8.08. The highest BCUT2D eigenvalue weighted by molar-refractivity contribution is 6.42. The number of rotatable bonds is 4. The van der Waals surface area contributed by atoms with Crippen molar-refractivity contribution in [1.82, 2.24) is 10.2 Å². The minimum Gasteiger partial charge on any atom is -0.346 e. The van der Waals surface area contributed by atoms with E-state index in [1.165, 1.54) is 5.56 Å². The molecule has 1 unspecified atom stereocenters. The van der Waals surface area contributed by atoms with Gasteiger partial charge in [-0.2, -0.15) is 0 Å². The highest BCUT2D eigenvalue weighted by Gasteiger charge is 2.34. The van der Waals surface area contributed by atoms with E-state index in [4.69, 9.17) is 23.2 Å². The van der Waals surface area contributed by atoms with E-state index in [1.54, 1.807) is 11.8 Å². The van der Waals surface area contributed by atoms with Crippen LogP contribution in [0.2, 0.25) is 10.0 Å². The van der Waals surface area contributed by atoms with E-state index < -0.39 is 0 Å². The fourth-order valence-electron chi connectivity index (χ4n) is 2.94. The van der Waals surface area contributed by atoms with Crippen molar-refractivity contribution >= 4 is 29.1 Å². The Kier molecular flexibility index (Phi) is 5.53. The Balaban J connectivity index is 2.23. The number of piperidine rings is 1. The summed E-state index contributed by atoms with van der Waals surface area (Å²) in [5, 5.41) is 4.66. The van der Waals surface area contributed by atoms with Gasteiger partial charge in [0.2, 0.25) is 5.91 Å². The van der Waals surface area contributed by atoms with Crippen molar-refractivity contribution in [2.75, 3.05) is 26.7 Å². The summed E-state index contributed by atoms with van der Waals surface area (Å²) in [5.41, 5.74) is 1.23. The average molecular weight is 329 g/mol. The lowest BCUT2D eigenvalue weighted by molar-refractivity contribution is -0.127. The number of carbonyl (C=O) groups is 1. The fourth-order valence-corrected chi connectivity index (χ4v) is 3.24. The van der Waals surface area contributed by atoms with Crippen LogP contribution in [-0.2, 0) is 10.2 Å². The van der Waals surface area contributed by atoms with Crippen molar-refractivity contribution in [3.63, 3.8) is 0 Å². The summed E-state index contributed by atoms with van der Waals surface area (Å²) in [5.74, 6) is 0.100. The summed E-state index contributed by atoms with van der Waals surface area (Å²) in [6, 6.07) is 5.91. The maximum atomic E-state index is 11.4. The van der Waals surface area contributed by atoms with Crippen molar-refractivity contribution in [2.45, 2.75) is 31.6 Å². The first-order valence-electron chi connectivity index (χ1n) is 7.32. The van der Waals surface area contributed by atoms with E-state index in [1.807, 2.05) is 19.2 Å². The Labute approximate surface area is 136 Å². The number of carbonyl (C=O) groups excluding carboxylic acids is 1. The van der Waals surface area contributed by atoms with Gasteiger partial charge >= 0.3 is 0 Å². The van der Waals surface area contributed by atoms with E-state index in [9.17, 15) is 4.79 Å². The maximum Gasteiger partial charge on any atom is 0.219 e. The van der Waals surface area contributed by atoms with Crippen LogP contribution in [0, 0.1) is 0 Å². The van der Waals surface area contributed by atoms with Crippen LogP contribution < -0.4 is 5.32 Å². The minimum atomic E-state index is 0.0240. The predicted octanol–water partition coefficient (Wildman–Crippen LogP) is 3.48. The Bertz CT molecular complexity index is 513. The standard InChI is InChI=1S/C16H22Cl2N2O/c1-12(21)20(2)9-7-16(6-3-8-19-11-16)13-4-5-14(17)15(18)10-13/h4-5,10,19H,3,6-9,11H2,1-2H3. The second-order valence-electron chi connectivity index (χ2n) is 5.88. The quantitative estimate of drug-likeness (QED) is 0.917. The molecule has 0 saturated carbocycles. The van der Waals surface area contributed by atoms with Gasteiger partial charge < -0.3 is 10.2 Å². The van der Waals surface area contributed by atoms with E-state index in [0.29, 0.717) is 10.0 Å². The third-order valence-electron chi connectivity index (χ3n) is 4.47. The number of amides is 1. The molecule has 0 aromatic heterocycles. The topological polar surface area (TPSA) is 32.3 Å². The molecule has 1 aromatic rings. The zero-order valence-corrected chi connectivity index (χ0v) is 14.1. The summed E-state index contributed by atoms with van der Waals surface area (Å²) in [6.45, 7) is 4.31. The number of benzene rings is 1. The monoisotopic (exact) mass is 328 g/mol. The molecule has 21 heavy (non-hydrogen) atoms. The van der Waals surface area contributed by atoms with Crippen LogP contribution in [0.15, 0.2) is 18.2 Å². The van der Waals surface area contributed by atoms with Gasteiger partial charge in [0.25, 0.3) is 0 Å². The molecule has 1 aliphatic rings. The summed E-state index contributed by atoms with van der Waals surface area (Å²) in [4.78, 5) is 13.2. The summed E-state index contributed by atoms with van der Waals surface area (Å²) in [7, 11) is 1.85. The Hall–Kier alpha value is -0.770. The lowest BCUT2D eigenvalue weighted by Crippen LogP contribution is -2.45. The van der Waals surface area contributed by atoms with Gasteiger partial charge in [0.1, 0.15) is 0 Å². The average Bonchev–Trinajstić information content (AvgIpc) is 2.48. The van der Waals surface area contributed by atoms with Gasteiger partial charge in [0, 0.05) is 32.5 Å². The van der Waals surface area contributed by atoms with Crippen molar-refractivity contribution in [2.24, 2.45) is 0 Å². The van der Waals surface area contributed by atoms with Gasteiger partial charge in [-0.15, -0.1) is 0 Å². The van der Waals surface area contributed by atoms with Crippen LogP contribution in [0.3, 0.4) is 0 Å².